The fourth-order valence-corrected chi connectivity index (χ4v) is 1.68. The number of hydrogen-bond donors (Lipinski definition) is 1. The second-order valence-electron chi connectivity index (χ2n) is 4.04. The second kappa shape index (κ2) is 4.13. The average Bonchev–Trinajstić information content (AvgIpc) is 2.28. The summed E-state index contributed by atoms with van der Waals surface area (Å²) in [5, 5.41) is 0. The zero-order valence-electron chi connectivity index (χ0n) is 10.1. The highest BCUT2D eigenvalue weighted by molar-refractivity contribution is 5.72. The first-order valence-electron chi connectivity index (χ1n) is 5.37. The van der Waals surface area contributed by atoms with Gasteiger partial charge >= 0.3 is 0 Å². The van der Waals surface area contributed by atoms with Crippen LogP contribution in [0.2, 0.25) is 0 Å². The number of anilines is 1. The van der Waals surface area contributed by atoms with Crippen molar-refractivity contribution in [2.45, 2.75) is 20.8 Å². The number of rotatable bonds is 1. The lowest BCUT2D eigenvalue weighted by atomic mass is 10.0. The van der Waals surface area contributed by atoms with Crippen LogP contribution in [0, 0.1) is 26.6 Å². The Hall–Kier alpha value is -1.97. The predicted molar refractivity (Wildman–Crippen MR) is 66.0 cm³/mol. The first-order chi connectivity index (χ1) is 8.00. The lowest BCUT2D eigenvalue weighted by Crippen LogP contribution is -2.03. The standard InChI is InChI=1S/C13H14FN3/c1-7-10(5-4-6-11(7)14)12-13(15)17-9(3)8(2)16-12/h4-6H,1-3H3,(H2,15,17). The zero-order valence-corrected chi connectivity index (χ0v) is 10.1. The Kier molecular flexibility index (Phi) is 2.79. The molecule has 2 N–H and O–H groups in total. The molecule has 0 aliphatic heterocycles. The normalized spacial score (nSPS) is 10.6. The van der Waals surface area contributed by atoms with E-state index in [-0.39, 0.29) is 5.82 Å². The van der Waals surface area contributed by atoms with Gasteiger partial charge in [0.1, 0.15) is 17.3 Å². The second-order valence-corrected chi connectivity index (χ2v) is 4.04. The molecular weight excluding hydrogens is 217 g/mol. The molecule has 0 atom stereocenters. The van der Waals surface area contributed by atoms with E-state index in [1.165, 1.54) is 6.07 Å². The summed E-state index contributed by atoms with van der Waals surface area (Å²) < 4.78 is 13.5. The molecule has 1 heterocycles. The van der Waals surface area contributed by atoms with E-state index in [0.717, 1.165) is 11.4 Å². The number of nitrogens with zero attached hydrogens (tertiary/aromatic N) is 2. The van der Waals surface area contributed by atoms with Crippen molar-refractivity contribution in [3.05, 3.63) is 41.0 Å². The lowest BCUT2D eigenvalue weighted by Gasteiger charge is -2.10. The molecule has 0 aliphatic rings. The van der Waals surface area contributed by atoms with E-state index in [9.17, 15) is 4.39 Å². The number of nitrogens with two attached hydrogens (primary N) is 1. The van der Waals surface area contributed by atoms with Crippen LogP contribution in [-0.4, -0.2) is 9.97 Å². The topological polar surface area (TPSA) is 51.8 Å². The Morgan fingerprint density at radius 3 is 2.41 bits per heavy atom. The van der Waals surface area contributed by atoms with Crippen LogP contribution >= 0.6 is 0 Å². The van der Waals surface area contributed by atoms with Crippen LogP contribution in [0.3, 0.4) is 0 Å². The lowest BCUT2D eigenvalue weighted by molar-refractivity contribution is 0.619. The number of aryl methyl sites for hydroxylation is 2. The zero-order chi connectivity index (χ0) is 12.6. The maximum Gasteiger partial charge on any atom is 0.150 e. The Labute approximate surface area is 99.5 Å². The van der Waals surface area contributed by atoms with E-state index in [1.807, 2.05) is 13.8 Å². The van der Waals surface area contributed by atoms with E-state index in [0.29, 0.717) is 22.6 Å². The van der Waals surface area contributed by atoms with Crippen molar-refractivity contribution < 1.29 is 4.39 Å². The minimum atomic E-state index is -0.262. The molecule has 1 aromatic carbocycles. The van der Waals surface area contributed by atoms with Crippen LogP contribution in [0.15, 0.2) is 18.2 Å². The Balaban J connectivity index is 2.69. The van der Waals surface area contributed by atoms with E-state index in [2.05, 4.69) is 9.97 Å². The summed E-state index contributed by atoms with van der Waals surface area (Å²) in [6.45, 7) is 5.42. The quantitative estimate of drug-likeness (QED) is 0.821. The fraction of sp³-hybridized carbons (Fsp3) is 0.231. The molecule has 4 heteroatoms. The van der Waals surface area contributed by atoms with Gasteiger partial charge in [0.05, 0.1) is 11.4 Å². The molecule has 0 amide bonds. The Morgan fingerprint density at radius 1 is 1.06 bits per heavy atom. The van der Waals surface area contributed by atoms with Crippen molar-refractivity contribution in [1.29, 1.82) is 0 Å². The van der Waals surface area contributed by atoms with Crippen molar-refractivity contribution in [3.8, 4) is 11.3 Å². The van der Waals surface area contributed by atoms with Crippen molar-refractivity contribution >= 4 is 5.82 Å². The van der Waals surface area contributed by atoms with Gasteiger partial charge in [0, 0.05) is 5.56 Å². The number of aromatic nitrogens is 2. The number of benzene rings is 1. The molecule has 0 saturated carbocycles. The predicted octanol–water partition coefficient (Wildman–Crippen LogP) is 2.79. The van der Waals surface area contributed by atoms with Crippen LogP contribution in [0.4, 0.5) is 10.2 Å². The van der Waals surface area contributed by atoms with Crippen LogP contribution in [0.25, 0.3) is 11.3 Å². The van der Waals surface area contributed by atoms with E-state index < -0.39 is 0 Å². The monoisotopic (exact) mass is 231 g/mol. The summed E-state index contributed by atoms with van der Waals surface area (Å²) in [5.41, 5.74) is 9.22. The minimum absolute atomic E-state index is 0.262. The Morgan fingerprint density at radius 2 is 1.71 bits per heavy atom. The van der Waals surface area contributed by atoms with Crippen molar-refractivity contribution in [2.75, 3.05) is 5.73 Å². The van der Waals surface area contributed by atoms with E-state index >= 15 is 0 Å². The van der Waals surface area contributed by atoms with Gasteiger partial charge in [-0.3, -0.25) is 0 Å². The van der Waals surface area contributed by atoms with E-state index in [1.54, 1.807) is 19.1 Å². The molecule has 17 heavy (non-hydrogen) atoms. The molecule has 2 aromatic rings. The molecule has 0 bridgehead atoms. The van der Waals surface area contributed by atoms with Gasteiger partial charge < -0.3 is 5.73 Å². The third-order valence-corrected chi connectivity index (χ3v) is 2.86. The van der Waals surface area contributed by atoms with Gasteiger partial charge in [-0.05, 0) is 32.4 Å². The van der Waals surface area contributed by atoms with Crippen LogP contribution in [0.5, 0.6) is 0 Å². The fourth-order valence-electron chi connectivity index (χ4n) is 1.68. The van der Waals surface area contributed by atoms with Crippen LogP contribution in [-0.2, 0) is 0 Å². The van der Waals surface area contributed by atoms with E-state index in [4.69, 9.17) is 5.73 Å². The third-order valence-electron chi connectivity index (χ3n) is 2.86. The first kappa shape index (κ1) is 11.5. The van der Waals surface area contributed by atoms with Crippen molar-refractivity contribution in [3.63, 3.8) is 0 Å². The average molecular weight is 231 g/mol. The van der Waals surface area contributed by atoms with Gasteiger partial charge in [-0.2, -0.15) is 0 Å². The molecule has 1 aromatic heterocycles. The summed E-state index contributed by atoms with van der Waals surface area (Å²) in [6.07, 6.45) is 0. The largest absolute Gasteiger partial charge is 0.382 e. The van der Waals surface area contributed by atoms with Gasteiger partial charge in [0.2, 0.25) is 0 Å². The van der Waals surface area contributed by atoms with Gasteiger partial charge in [-0.25, -0.2) is 14.4 Å². The first-order valence-corrected chi connectivity index (χ1v) is 5.37. The number of nitrogen functional groups attached to an aromatic ring is 1. The summed E-state index contributed by atoms with van der Waals surface area (Å²) in [4.78, 5) is 8.60. The molecule has 0 fully saturated rings. The summed E-state index contributed by atoms with van der Waals surface area (Å²) in [7, 11) is 0. The highest BCUT2D eigenvalue weighted by Gasteiger charge is 2.12. The molecule has 88 valence electrons. The van der Waals surface area contributed by atoms with Crippen LogP contribution < -0.4 is 5.73 Å². The molecule has 0 spiro atoms. The summed E-state index contributed by atoms with van der Waals surface area (Å²) in [6, 6.07) is 4.87. The molecule has 2 rings (SSSR count). The molecule has 3 nitrogen and oxygen atoms in total. The highest BCUT2D eigenvalue weighted by Crippen LogP contribution is 2.27. The van der Waals surface area contributed by atoms with Gasteiger partial charge in [0.25, 0.3) is 0 Å². The number of halogens is 1. The molecule has 0 aliphatic carbocycles. The smallest absolute Gasteiger partial charge is 0.150 e. The Bertz CT molecular complexity index is 579. The molecule has 0 saturated heterocycles. The molecular formula is C13H14FN3. The minimum Gasteiger partial charge on any atom is -0.382 e. The van der Waals surface area contributed by atoms with Gasteiger partial charge in [-0.15, -0.1) is 0 Å². The SMILES string of the molecule is Cc1nc(N)c(-c2cccc(F)c2C)nc1C. The molecule has 0 radical (unpaired) electrons. The number of hydrogen-bond acceptors (Lipinski definition) is 3. The highest BCUT2D eigenvalue weighted by atomic mass is 19.1. The van der Waals surface area contributed by atoms with Crippen molar-refractivity contribution in [1.82, 2.24) is 9.97 Å². The molecule has 0 unspecified atom stereocenters. The van der Waals surface area contributed by atoms with Gasteiger partial charge in [-0.1, -0.05) is 12.1 Å². The maximum atomic E-state index is 13.5. The van der Waals surface area contributed by atoms with Crippen LogP contribution in [0.1, 0.15) is 17.0 Å². The maximum absolute atomic E-state index is 13.5. The summed E-state index contributed by atoms with van der Waals surface area (Å²) in [5.74, 6) is 0.0729. The van der Waals surface area contributed by atoms with Crippen molar-refractivity contribution in [2.24, 2.45) is 0 Å². The van der Waals surface area contributed by atoms with Gasteiger partial charge in [0.15, 0.2) is 0 Å². The summed E-state index contributed by atoms with van der Waals surface area (Å²) >= 11 is 0. The third kappa shape index (κ3) is 1.98.